The van der Waals surface area contributed by atoms with Gasteiger partial charge in [-0.05, 0) is 24.1 Å². The van der Waals surface area contributed by atoms with Gasteiger partial charge >= 0.3 is 0 Å². The molecule has 3 rings (SSSR count). The Morgan fingerprint density at radius 3 is 2.08 bits per heavy atom. The molecule has 0 spiro atoms. The van der Waals surface area contributed by atoms with Crippen LogP contribution in [0, 0.1) is 0 Å². The van der Waals surface area contributed by atoms with E-state index in [0.29, 0.717) is 17.1 Å². The van der Waals surface area contributed by atoms with Crippen molar-refractivity contribution < 1.29 is 14.3 Å². The quantitative estimate of drug-likeness (QED) is 0.800. The molecule has 0 aliphatic carbocycles. The molecule has 138 valence electrons. The number of nitrogens with zero attached hydrogens (tertiary/aromatic N) is 2. The smallest absolute Gasteiger partial charge is 0.261 e. The van der Waals surface area contributed by atoms with Crippen molar-refractivity contribution in [3.8, 4) is 11.5 Å². The number of hydrogen-bond acceptors (Lipinski definition) is 4. The summed E-state index contributed by atoms with van der Waals surface area (Å²) in [6.45, 7) is 4.22. The second kappa shape index (κ2) is 8.72. The summed E-state index contributed by atoms with van der Waals surface area (Å²) in [5.74, 6) is 1.09. The highest BCUT2D eigenvalue weighted by atomic mass is 16.5. The average molecular weight is 354 g/mol. The maximum atomic E-state index is 13.0. The van der Waals surface area contributed by atoms with Gasteiger partial charge in [0.2, 0.25) is 0 Å². The molecule has 1 amide bonds. The lowest BCUT2D eigenvalue weighted by molar-refractivity contribution is 0.0632. The average Bonchev–Trinajstić information content (AvgIpc) is 2.72. The van der Waals surface area contributed by atoms with Gasteiger partial charge in [-0.25, -0.2) is 0 Å². The lowest BCUT2D eigenvalue weighted by Gasteiger charge is -2.35. The molecule has 26 heavy (non-hydrogen) atoms. The van der Waals surface area contributed by atoms with Crippen LogP contribution in [0.3, 0.4) is 0 Å². The first-order valence-corrected chi connectivity index (χ1v) is 8.99. The number of carbonyl (C=O) groups excluding carboxylic acids is 1. The van der Waals surface area contributed by atoms with Crippen LogP contribution in [0.4, 0.5) is 0 Å². The fraction of sp³-hybridized carbons (Fsp3) is 0.381. The van der Waals surface area contributed by atoms with Gasteiger partial charge in [0.05, 0.1) is 14.2 Å². The minimum atomic E-state index is -0.0259. The molecule has 2 aromatic carbocycles. The van der Waals surface area contributed by atoms with Crippen molar-refractivity contribution >= 4 is 5.91 Å². The second-order valence-electron chi connectivity index (χ2n) is 6.41. The molecule has 0 atom stereocenters. The van der Waals surface area contributed by atoms with Gasteiger partial charge < -0.3 is 14.4 Å². The van der Waals surface area contributed by atoms with Crippen molar-refractivity contribution in [1.29, 1.82) is 0 Å². The van der Waals surface area contributed by atoms with E-state index in [4.69, 9.17) is 9.47 Å². The third kappa shape index (κ3) is 4.17. The Balaban J connectivity index is 1.59. The summed E-state index contributed by atoms with van der Waals surface area (Å²) in [6, 6.07) is 15.9. The van der Waals surface area contributed by atoms with E-state index in [-0.39, 0.29) is 5.91 Å². The molecule has 2 aromatic rings. The third-order valence-electron chi connectivity index (χ3n) is 4.86. The topological polar surface area (TPSA) is 42.0 Å². The van der Waals surface area contributed by atoms with Crippen LogP contribution in [-0.2, 0) is 6.42 Å². The molecule has 1 aliphatic heterocycles. The SMILES string of the molecule is COc1cccc(OC)c1C(=O)N1CCN(CCc2ccccc2)CC1. The van der Waals surface area contributed by atoms with Crippen LogP contribution >= 0.6 is 0 Å². The van der Waals surface area contributed by atoms with E-state index in [1.54, 1.807) is 26.4 Å². The molecule has 0 bridgehead atoms. The van der Waals surface area contributed by atoms with Gasteiger partial charge in [0.1, 0.15) is 17.1 Å². The van der Waals surface area contributed by atoms with E-state index >= 15 is 0 Å². The van der Waals surface area contributed by atoms with Crippen molar-refractivity contribution in [3.63, 3.8) is 0 Å². The van der Waals surface area contributed by atoms with E-state index in [2.05, 4.69) is 29.2 Å². The lowest BCUT2D eigenvalue weighted by atomic mass is 10.1. The fourth-order valence-corrected chi connectivity index (χ4v) is 3.33. The van der Waals surface area contributed by atoms with Crippen molar-refractivity contribution in [1.82, 2.24) is 9.80 Å². The van der Waals surface area contributed by atoms with E-state index in [1.165, 1.54) is 5.56 Å². The minimum Gasteiger partial charge on any atom is -0.496 e. The summed E-state index contributed by atoms with van der Waals surface area (Å²) in [6.07, 6.45) is 1.04. The number of rotatable bonds is 6. The molecule has 0 unspecified atom stereocenters. The predicted molar refractivity (Wildman–Crippen MR) is 102 cm³/mol. The summed E-state index contributed by atoms with van der Waals surface area (Å²) in [5.41, 5.74) is 1.86. The second-order valence-corrected chi connectivity index (χ2v) is 6.41. The minimum absolute atomic E-state index is 0.0259. The highest BCUT2D eigenvalue weighted by Gasteiger charge is 2.26. The molecular formula is C21H26N2O3. The van der Waals surface area contributed by atoms with E-state index in [9.17, 15) is 4.79 Å². The van der Waals surface area contributed by atoms with Crippen LogP contribution in [0.2, 0.25) is 0 Å². The Hall–Kier alpha value is -2.53. The summed E-state index contributed by atoms with van der Waals surface area (Å²) < 4.78 is 10.7. The van der Waals surface area contributed by atoms with Crippen molar-refractivity contribution in [2.24, 2.45) is 0 Å². The number of carbonyl (C=O) groups is 1. The zero-order valence-corrected chi connectivity index (χ0v) is 15.5. The molecule has 0 saturated carbocycles. The van der Waals surface area contributed by atoms with Crippen LogP contribution in [0.1, 0.15) is 15.9 Å². The molecule has 0 radical (unpaired) electrons. The number of amides is 1. The molecule has 1 fully saturated rings. The lowest BCUT2D eigenvalue weighted by Crippen LogP contribution is -2.49. The standard InChI is InChI=1S/C21H26N2O3/c1-25-18-9-6-10-19(26-2)20(18)21(24)23-15-13-22(14-16-23)12-11-17-7-4-3-5-8-17/h3-10H,11-16H2,1-2H3. The summed E-state index contributed by atoms with van der Waals surface area (Å²) >= 11 is 0. The Morgan fingerprint density at radius 1 is 0.885 bits per heavy atom. The first-order chi connectivity index (χ1) is 12.7. The number of ether oxygens (including phenoxy) is 2. The van der Waals surface area contributed by atoms with Crippen molar-refractivity contribution in [2.75, 3.05) is 46.9 Å². The Bertz CT molecular complexity index is 703. The Morgan fingerprint density at radius 2 is 1.50 bits per heavy atom. The summed E-state index contributed by atoms with van der Waals surface area (Å²) in [7, 11) is 3.15. The van der Waals surface area contributed by atoms with Crippen LogP contribution < -0.4 is 9.47 Å². The fourth-order valence-electron chi connectivity index (χ4n) is 3.33. The largest absolute Gasteiger partial charge is 0.496 e. The molecule has 5 nitrogen and oxygen atoms in total. The van der Waals surface area contributed by atoms with E-state index in [0.717, 1.165) is 39.1 Å². The van der Waals surface area contributed by atoms with Gasteiger partial charge in [-0.3, -0.25) is 9.69 Å². The molecule has 5 heteroatoms. The number of hydrogen-bond donors (Lipinski definition) is 0. The third-order valence-corrected chi connectivity index (χ3v) is 4.86. The van der Waals surface area contributed by atoms with Crippen LogP contribution in [0.25, 0.3) is 0 Å². The van der Waals surface area contributed by atoms with E-state index < -0.39 is 0 Å². The van der Waals surface area contributed by atoms with Gasteiger partial charge in [0, 0.05) is 32.7 Å². The van der Waals surface area contributed by atoms with Crippen LogP contribution in [0.5, 0.6) is 11.5 Å². The van der Waals surface area contributed by atoms with Gasteiger partial charge in [-0.1, -0.05) is 36.4 Å². The molecule has 0 aromatic heterocycles. The zero-order valence-electron chi connectivity index (χ0n) is 15.5. The molecule has 1 aliphatic rings. The maximum absolute atomic E-state index is 13.0. The summed E-state index contributed by atoms with van der Waals surface area (Å²) in [4.78, 5) is 17.3. The highest BCUT2D eigenvalue weighted by Crippen LogP contribution is 2.29. The van der Waals surface area contributed by atoms with Gasteiger partial charge in [-0.2, -0.15) is 0 Å². The van der Waals surface area contributed by atoms with Crippen LogP contribution in [-0.4, -0.2) is 62.7 Å². The Labute approximate surface area is 155 Å². The highest BCUT2D eigenvalue weighted by molar-refractivity contribution is 5.99. The van der Waals surface area contributed by atoms with Gasteiger partial charge in [0.25, 0.3) is 5.91 Å². The predicted octanol–water partition coefficient (Wildman–Crippen LogP) is 2.70. The maximum Gasteiger partial charge on any atom is 0.261 e. The summed E-state index contributed by atoms with van der Waals surface area (Å²) in [5, 5.41) is 0. The number of methoxy groups -OCH3 is 2. The van der Waals surface area contributed by atoms with Gasteiger partial charge in [-0.15, -0.1) is 0 Å². The first-order valence-electron chi connectivity index (χ1n) is 8.99. The molecular weight excluding hydrogens is 328 g/mol. The number of benzene rings is 2. The monoisotopic (exact) mass is 354 g/mol. The zero-order chi connectivity index (χ0) is 18.4. The van der Waals surface area contributed by atoms with Crippen molar-refractivity contribution in [3.05, 3.63) is 59.7 Å². The van der Waals surface area contributed by atoms with Crippen LogP contribution in [0.15, 0.2) is 48.5 Å². The van der Waals surface area contributed by atoms with Gasteiger partial charge in [0.15, 0.2) is 0 Å². The normalized spacial score (nSPS) is 14.9. The van der Waals surface area contributed by atoms with Crippen molar-refractivity contribution in [2.45, 2.75) is 6.42 Å². The Kier molecular flexibility index (Phi) is 6.12. The first kappa shape index (κ1) is 18.3. The molecule has 1 heterocycles. The number of piperazine rings is 1. The van der Waals surface area contributed by atoms with E-state index in [1.807, 2.05) is 17.0 Å². The molecule has 0 N–H and O–H groups in total. The molecule has 1 saturated heterocycles.